The molecule has 104 valence electrons. The maximum absolute atomic E-state index is 13.6. The van der Waals surface area contributed by atoms with E-state index in [9.17, 15) is 9.18 Å². The third-order valence-corrected chi connectivity index (χ3v) is 3.24. The van der Waals surface area contributed by atoms with Crippen molar-refractivity contribution in [2.75, 3.05) is 0 Å². The first-order valence-electron chi connectivity index (χ1n) is 6.71. The summed E-state index contributed by atoms with van der Waals surface area (Å²) in [4.78, 5) is 16.3. The molecule has 0 unspecified atom stereocenters. The van der Waals surface area contributed by atoms with Crippen LogP contribution in [-0.4, -0.2) is 10.8 Å². The van der Waals surface area contributed by atoms with E-state index in [2.05, 4.69) is 4.98 Å². The number of Topliss-reactive ketones (excluding diaryl/α,β-unsaturated/α-hetero) is 1. The minimum absolute atomic E-state index is 0.0497. The second kappa shape index (κ2) is 5.95. The molecule has 0 aliphatic heterocycles. The van der Waals surface area contributed by atoms with E-state index in [4.69, 9.17) is 0 Å². The first kappa shape index (κ1) is 14.4. The molecule has 0 amide bonds. The number of hydrogen-bond donors (Lipinski definition) is 0. The van der Waals surface area contributed by atoms with Gasteiger partial charge in [0.2, 0.25) is 0 Å². The maximum atomic E-state index is 13.6. The molecule has 20 heavy (non-hydrogen) atoms. The normalized spacial score (nSPS) is 10.8. The lowest BCUT2D eigenvalue weighted by Gasteiger charge is -2.09. The van der Waals surface area contributed by atoms with Crippen LogP contribution in [0.2, 0.25) is 0 Å². The van der Waals surface area contributed by atoms with Crippen molar-refractivity contribution in [1.82, 2.24) is 4.98 Å². The van der Waals surface area contributed by atoms with Crippen LogP contribution in [0.1, 0.15) is 46.9 Å². The zero-order valence-electron chi connectivity index (χ0n) is 12.0. The number of hydrogen-bond acceptors (Lipinski definition) is 2. The Balaban J connectivity index is 2.19. The summed E-state index contributed by atoms with van der Waals surface area (Å²) in [7, 11) is 0. The summed E-state index contributed by atoms with van der Waals surface area (Å²) in [6, 6.07) is 8.45. The molecule has 2 rings (SSSR count). The standard InChI is InChI=1S/C17H18FNO/c1-11(2)14-8-13(5-6-15(14)18)9-17(20)16-7-4-12(3)10-19-16/h4-8,10-11H,9H2,1-3H3. The maximum Gasteiger partial charge on any atom is 0.185 e. The molecule has 0 bridgehead atoms. The molecule has 0 fully saturated rings. The number of benzene rings is 1. The second-order valence-electron chi connectivity index (χ2n) is 5.33. The van der Waals surface area contributed by atoms with E-state index in [1.165, 1.54) is 6.07 Å². The summed E-state index contributed by atoms with van der Waals surface area (Å²) in [5, 5.41) is 0. The Bertz CT molecular complexity index is 617. The molecule has 1 aromatic carbocycles. The van der Waals surface area contributed by atoms with Crippen molar-refractivity contribution >= 4 is 5.78 Å². The highest BCUT2D eigenvalue weighted by atomic mass is 19.1. The van der Waals surface area contributed by atoms with E-state index in [0.717, 1.165) is 11.1 Å². The molecule has 0 aliphatic rings. The van der Waals surface area contributed by atoms with E-state index in [1.807, 2.05) is 26.8 Å². The van der Waals surface area contributed by atoms with Gasteiger partial charge in [-0.25, -0.2) is 4.39 Å². The Labute approximate surface area is 118 Å². The van der Waals surface area contributed by atoms with Crippen LogP contribution in [0, 0.1) is 12.7 Å². The van der Waals surface area contributed by atoms with Gasteiger partial charge >= 0.3 is 0 Å². The summed E-state index contributed by atoms with van der Waals surface area (Å²) in [5.41, 5.74) is 2.94. The molecule has 0 N–H and O–H groups in total. The Hall–Kier alpha value is -2.03. The first-order valence-corrected chi connectivity index (χ1v) is 6.71. The van der Waals surface area contributed by atoms with E-state index in [0.29, 0.717) is 11.3 Å². The Morgan fingerprint density at radius 2 is 2.00 bits per heavy atom. The number of carbonyl (C=O) groups is 1. The monoisotopic (exact) mass is 271 g/mol. The van der Waals surface area contributed by atoms with Gasteiger partial charge in [0, 0.05) is 12.6 Å². The van der Waals surface area contributed by atoms with Gasteiger partial charge in [-0.05, 0) is 41.7 Å². The third-order valence-electron chi connectivity index (χ3n) is 3.24. The molecule has 0 saturated heterocycles. The SMILES string of the molecule is Cc1ccc(C(=O)Cc2ccc(F)c(C(C)C)c2)nc1. The summed E-state index contributed by atoms with van der Waals surface area (Å²) in [6.45, 7) is 5.80. The van der Waals surface area contributed by atoms with E-state index < -0.39 is 0 Å². The molecule has 0 saturated carbocycles. The van der Waals surface area contributed by atoms with Crippen molar-refractivity contribution < 1.29 is 9.18 Å². The third kappa shape index (κ3) is 3.29. The number of aromatic nitrogens is 1. The molecule has 0 atom stereocenters. The predicted molar refractivity (Wildman–Crippen MR) is 77.5 cm³/mol. The summed E-state index contributed by atoms with van der Waals surface area (Å²) < 4.78 is 13.6. The van der Waals surface area contributed by atoms with Gasteiger partial charge in [0.15, 0.2) is 5.78 Å². The van der Waals surface area contributed by atoms with Gasteiger partial charge in [-0.3, -0.25) is 9.78 Å². The molecule has 0 radical (unpaired) electrons. The molecule has 2 aromatic rings. The second-order valence-corrected chi connectivity index (χ2v) is 5.33. The molecule has 2 nitrogen and oxygen atoms in total. The van der Waals surface area contributed by atoms with Crippen LogP contribution in [0.4, 0.5) is 4.39 Å². The molecule has 0 spiro atoms. The lowest BCUT2D eigenvalue weighted by molar-refractivity contribution is 0.0988. The average molecular weight is 271 g/mol. The van der Waals surface area contributed by atoms with Crippen LogP contribution in [0.5, 0.6) is 0 Å². The molecule has 0 aliphatic carbocycles. The highest BCUT2D eigenvalue weighted by Crippen LogP contribution is 2.20. The Kier molecular flexibility index (Phi) is 4.28. The lowest BCUT2D eigenvalue weighted by Crippen LogP contribution is -2.07. The van der Waals surface area contributed by atoms with Gasteiger partial charge in [0.1, 0.15) is 11.5 Å². The number of ketones is 1. The Morgan fingerprint density at radius 3 is 2.60 bits per heavy atom. The van der Waals surface area contributed by atoms with Crippen LogP contribution in [0.15, 0.2) is 36.5 Å². The molecule has 1 aromatic heterocycles. The van der Waals surface area contributed by atoms with Gasteiger partial charge in [-0.15, -0.1) is 0 Å². The highest BCUT2D eigenvalue weighted by Gasteiger charge is 2.12. The smallest absolute Gasteiger partial charge is 0.185 e. The predicted octanol–water partition coefficient (Wildman–Crippen LogP) is 4.08. The number of aryl methyl sites for hydroxylation is 1. The molecular formula is C17H18FNO. The van der Waals surface area contributed by atoms with Gasteiger partial charge < -0.3 is 0 Å². The van der Waals surface area contributed by atoms with E-state index >= 15 is 0 Å². The number of pyridine rings is 1. The summed E-state index contributed by atoms with van der Waals surface area (Å²) >= 11 is 0. The number of rotatable bonds is 4. The van der Waals surface area contributed by atoms with Crippen molar-refractivity contribution in [2.45, 2.75) is 33.1 Å². The van der Waals surface area contributed by atoms with Crippen LogP contribution < -0.4 is 0 Å². The topological polar surface area (TPSA) is 30.0 Å². The number of carbonyl (C=O) groups excluding carboxylic acids is 1. The fourth-order valence-electron chi connectivity index (χ4n) is 2.05. The average Bonchev–Trinajstić information content (AvgIpc) is 2.41. The minimum atomic E-state index is -0.218. The number of halogens is 1. The lowest BCUT2D eigenvalue weighted by atomic mass is 9.97. The first-order chi connectivity index (χ1) is 9.47. The van der Waals surface area contributed by atoms with E-state index in [-0.39, 0.29) is 23.9 Å². The zero-order chi connectivity index (χ0) is 14.7. The van der Waals surface area contributed by atoms with Gasteiger partial charge in [-0.2, -0.15) is 0 Å². The fourth-order valence-corrected chi connectivity index (χ4v) is 2.05. The Morgan fingerprint density at radius 1 is 1.25 bits per heavy atom. The summed E-state index contributed by atoms with van der Waals surface area (Å²) in [6.07, 6.45) is 1.92. The summed E-state index contributed by atoms with van der Waals surface area (Å²) in [5.74, 6) is -0.168. The van der Waals surface area contributed by atoms with Crippen molar-refractivity contribution in [3.8, 4) is 0 Å². The van der Waals surface area contributed by atoms with Gasteiger partial charge in [0.05, 0.1) is 0 Å². The molecule has 3 heteroatoms. The minimum Gasteiger partial charge on any atom is -0.292 e. The van der Waals surface area contributed by atoms with Gasteiger partial charge in [0.25, 0.3) is 0 Å². The molecule has 1 heterocycles. The van der Waals surface area contributed by atoms with Gasteiger partial charge in [-0.1, -0.05) is 32.0 Å². The van der Waals surface area contributed by atoms with Crippen LogP contribution in [0.25, 0.3) is 0 Å². The van der Waals surface area contributed by atoms with Crippen molar-refractivity contribution in [3.63, 3.8) is 0 Å². The van der Waals surface area contributed by atoms with Crippen LogP contribution in [0.3, 0.4) is 0 Å². The fraction of sp³-hybridized carbons (Fsp3) is 0.294. The van der Waals surface area contributed by atoms with Crippen LogP contribution in [-0.2, 0) is 6.42 Å². The van der Waals surface area contributed by atoms with Crippen molar-refractivity contribution in [1.29, 1.82) is 0 Å². The largest absolute Gasteiger partial charge is 0.292 e. The number of nitrogens with zero attached hydrogens (tertiary/aromatic N) is 1. The highest BCUT2D eigenvalue weighted by molar-refractivity contribution is 5.95. The van der Waals surface area contributed by atoms with Crippen molar-refractivity contribution in [3.05, 3.63) is 64.7 Å². The zero-order valence-corrected chi connectivity index (χ0v) is 12.0. The molecular weight excluding hydrogens is 253 g/mol. The van der Waals surface area contributed by atoms with Crippen molar-refractivity contribution in [2.24, 2.45) is 0 Å². The van der Waals surface area contributed by atoms with Crippen LogP contribution >= 0.6 is 0 Å². The quantitative estimate of drug-likeness (QED) is 0.784. The van der Waals surface area contributed by atoms with E-state index in [1.54, 1.807) is 24.4 Å².